The molecule has 0 fully saturated rings. The molecule has 0 aromatic heterocycles. The summed E-state index contributed by atoms with van der Waals surface area (Å²) in [6.45, 7) is 8.17. The van der Waals surface area contributed by atoms with E-state index in [-0.39, 0.29) is 5.84 Å². The minimum Gasteiger partial charge on any atom is -0.493 e. The van der Waals surface area contributed by atoms with Crippen LogP contribution in [0.25, 0.3) is 0 Å². The Morgan fingerprint density at radius 2 is 2.00 bits per heavy atom. The van der Waals surface area contributed by atoms with Crippen molar-refractivity contribution in [3.8, 4) is 5.75 Å². The van der Waals surface area contributed by atoms with Crippen LogP contribution in [-0.2, 0) is 0 Å². The van der Waals surface area contributed by atoms with Crippen LogP contribution in [0.2, 0.25) is 0 Å². The third-order valence-electron chi connectivity index (χ3n) is 2.25. The minimum absolute atomic E-state index is 0.106. The van der Waals surface area contributed by atoms with E-state index in [9.17, 15) is 0 Å². The van der Waals surface area contributed by atoms with Gasteiger partial charge in [0, 0.05) is 5.56 Å². The van der Waals surface area contributed by atoms with Gasteiger partial charge in [0.05, 0.1) is 6.61 Å². The third kappa shape index (κ3) is 2.66. The van der Waals surface area contributed by atoms with E-state index < -0.39 is 0 Å². The number of benzene rings is 1. The van der Waals surface area contributed by atoms with Gasteiger partial charge in [0.15, 0.2) is 5.84 Å². The molecule has 0 saturated heterocycles. The second-order valence-electron chi connectivity index (χ2n) is 3.63. The summed E-state index contributed by atoms with van der Waals surface area (Å²) in [6.07, 6.45) is 0.723. The van der Waals surface area contributed by atoms with Crippen LogP contribution in [-0.4, -0.2) is 17.6 Å². The number of ether oxygens (including phenoxy) is 1. The lowest BCUT2D eigenvalue weighted by atomic mass is 10.1. The molecule has 1 radical (unpaired) electrons. The Balaban J connectivity index is 3.07. The van der Waals surface area contributed by atoms with Gasteiger partial charge in [0.1, 0.15) is 5.75 Å². The first-order valence-electron chi connectivity index (χ1n) is 5.11. The molecular formula is C12H17N2O2. The lowest BCUT2D eigenvalue weighted by Crippen LogP contribution is -2.14. The Labute approximate surface area is 95.7 Å². The van der Waals surface area contributed by atoms with Gasteiger partial charge in [-0.1, -0.05) is 5.16 Å². The molecule has 4 heteroatoms. The van der Waals surface area contributed by atoms with E-state index in [0.29, 0.717) is 12.2 Å². The molecule has 0 bridgehead atoms. The summed E-state index contributed by atoms with van der Waals surface area (Å²) in [5.41, 5.74) is 8.16. The third-order valence-corrected chi connectivity index (χ3v) is 2.25. The molecule has 0 heterocycles. The number of rotatable bonds is 4. The minimum atomic E-state index is 0.106. The first-order valence-corrected chi connectivity index (χ1v) is 5.11. The summed E-state index contributed by atoms with van der Waals surface area (Å²) in [6, 6.07) is 3.67. The van der Waals surface area contributed by atoms with Crippen LogP contribution in [0.1, 0.15) is 23.1 Å². The molecular weight excluding hydrogens is 204 g/mol. The zero-order valence-electron chi connectivity index (χ0n) is 9.66. The molecule has 1 aromatic carbocycles. The molecule has 3 N–H and O–H groups in total. The van der Waals surface area contributed by atoms with Crippen LogP contribution < -0.4 is 10.5 Å². The number of nitrogens with two attached hydrogens (primary N) is 1. The Morgan fingerprint density at radius 1 is 1.44 bits per heavy atom. The van der Waals surface area contributed by atoms with Gasteiger partial charge in [0.2, 0.25) is 0 Å². The van der Waals surface area contributed by atoms with E-state index in [4.69, 9.17) is 15.7 Å². The van der Waals surface area contributed by atoms with Gasteiger partial charge in [-0.05, 0) is 50.5 Å². The number of oxime groups is 1. The molecule has 0 unspecified atom stereocenters. The van der Waals surface area contributed by atoms with Crippen molar-refractivity contribution in [3.05, 3.63) is 35.7 Å². The molecule has 0 aliphatic heterocycles. The molecule has 0 saturated carbocycles. The zero-order valence-corrected chi connectivity index (χ0v) is 9.66. The number of hydrogen-bond acceptors (Lipinski definition) is 3. The number of nitrogens with zero attached hydrogens (tertiary/aromatic N) is 1. The standard InChI is InChI=1S/C12H17N2O2/c1-4-5-16-11-8(2)6-10(7-9(11)3)12(13)14-15/h6-7,15H,1,4-5H2,2-3H3,(H2,13,14). The first kappa shape index (κ1) is 12.4. The maximum absolute atomic E-state index is 8.60. The second kappa shape index (κ2) is 5.39. The lowest BCUT2D eigenvalue weighted by Gasteiger charge is -2.13. The molecule has 0 amide bonds. The topological polar surface area (TPSA) is 67.8 Å². The van der Waals surface area contributed by atoms with Crippen LogP contribution in [0.15, 0.2) is 17.3 Å². The van der Waals surface area contributed by atoms with E-state index >= 15 is 0 Å². The van der Waals surface area contributed by atoms with Crippen molar-refractivity contribution >= 4 is 5.84 Å². The summed E-state index contributed by atoms with van der Waals surface area (Å²) in [7, 11) is 0. The van der Waals surface area contributed by atoms with Gasteiger partial charge >= 0.3 is 0 Å². The Bertz CT molecular complexity index is 377. The van der Waals surface area contributed by atoms with Crippen LogP contribution in [0, 0.1) is 20.8 Å². The zero-order chi connectivity index (χ0) is 12.1. The normalized spacial score (nSPS) is 11.6. The maximum atomic E-state index is 8.60. The van der Waals surface area contributed by atoms with Crippen LogP contribution in [0.5, 0.6) is 5.75 Å². The van der Waals surface area contributed by atoms with Crippen molar-refractivity contribution in [2.75, 3.05) is 6.61 Å². The van der Waals surface area contributed by atoms with Gasteiger partial charge in [-0.2, -0.15) is 0 Å². The predicted octanol–water partition coefficient (Wildman–Crippen LogP) is 2.00. The molecule has 0 aliphatic carbocycles. The van der Waals surface area contributed by atoms with Crippen LogP contribution in [0.4, 0.5) is 0 Å². The van der Waals surface area contributed by atoms with Crippen molar-refractivity contribution in [1.29, 1.82) is 0 Å². The number of aryl methyl sites for hydroxylation is 2. The second-order valence-corrected chi connectivity index (χ2v) is 3.63. The molecule has 0 spiro atoms. The van der Waals surface area contributed by atoms with Crippen molar-refractivity contribution in [2.45, 2.75) is 20.3 Å². The van der Waals surface area contributed by atoms with Gasteiger partial charge in [0.25, 0.3) is 0 Å². The van der Waals surface area contributed by atoms with Gasteiger partial charge in [-0.25, -0.2) is 0 Å². The van der Waals surface area contributed by atoms with E-state index in [1.165, 1.54) is 0 Å². The van der Waals surface area contributed by atoms with Gasteiger partial charge in [-0.15, -0.1) is 0 Å². The maximum Gasteiger partial charge on any atom is 0.170 e. The average molecular weight is 221 g/mol. The average Bonchev–Trinajstić information content (AvgIpc) is 2.26. The van der Waals surface area contributed by atoms with Crippen LogP contribution in [0.3, 0.4) is 0 Å². The highest BCUT2D eigenvalue weighted by atomic mass is 16.5. The highest BCUT2D eigenvalue weighted by Gasteiger charge is 2.08. The largest absolute Gasteiger partial charge is 0.493 e. The molecule has 0 atom stereocenters. The predicted molar refractivity (Wildman–Crippen MR) is 63.9 cm³/mol. The fourth-order valence-corrected chi connectivity index (χ4v) is 1.56. The van der Waals surface area contributed by atoms with Crippen molar-refractivity contribution in [2.24, 2.45) is 10.9 Å². The summed E-state index contributed by atoms with van der Waals surface area (Å²) < 4.78 is 5.58. The molecule has 87 valence electrons. The summed E-state index contributed by atoms with van der Waals surface area (Å²) in [5, 5.41) is 11.6. The quantitative estimate of drug-likeness (QED) is 0.353. The SMILES string of the molecule is [CH2]CCOc1c(C)cc(C(N)=NO)cc1C. The molecule has 1 rings (SSSR count). The summed E-state index contributed by atoms with van der Waals surface area (Å²) >= 11 is 0. The summed E-state index contributed by atoms with van der Waals surface area (Å²) in [5.74, 6) is 0.952. The Hall–Kier alpha value is -1.71. The van der Waals surface area contributed by atoms with E-state index in [2.05, 4.69) is 12.1 Å². The molecule has 4 nitrogen and oxygen atoms in total. The fourth-order valence-electron chi connectivity index (χ4n) is 1.56. The molecule has 1 aromatic rings. The lowest BCUT2D eigenvalue weighted by molar-refractivity contribution is 0.318. The van der Waals surface area contributed by atoms with Crippen molar-refractivity contribution in [1.82, 2.24) is 0 Å². The van der Waals surface area contributed by atoms with Gasteiger partial charge < -0.3 is 15.7 Å². The number of hydrogen-bond donors (Lipinski definition) is 2. The summed E-state index contributed by atoms with van der Waals surface area (Å²) in [4.78, 5) is 0. The molecule has 0 aliphatic rings. The monoisotopic (exact) mass is 221 g/mol. The van der Waals surface area contributed by atoms with Crippen molar-refractivity contribution < 1.29 is 9.94 Å². The van der Waals surface area contributed by atoms with Gasteiger partial charge in [-0.3, -0.25) is 0 Å². The van der Waals surface area contributed by atoms with E-state index in [0.717, 1.165) is 23.3 Å². The van der Waals surface area contributed by atoms with Crippen LogP contribution >= 0.6 is 0 Å². The Morgan fingerprint density at radius 3 is 2.44 bits per heavy atom. The van der Waals surface area contributed by atoms with E-state index in [1.54, 1.807) is 0 Å². The first-order chi connectivity index (χ1) is 7.60. The highest BCUT2D eigenvalue weighted by molar-refractivity contribution is 5.97. The van der Waals surface area contributed by atoms with Crippen molar-refractivity contribution in [3.63, 3.8) is 0 Å². The Kier molecular flexibility index (Phi) is 4.17. The molecule has 16 heavy (non-hydrogen) atoms. The number of amidine groups is 1. The fraction of sp³-hybridized carbons (Fsp3) is 0.333. The highest BCUT2D eigenvalue weighted by Crippen LogP contribution is 2.24. The van der Waals surface area contributed by atoms with E-state index in [1.807, 2.05) is 26.0 Å². The smallest absolute Gasteiger partial charge is 0.170 e.